The largest absolute Gasteiger partial charge is 0.416 e. The molecule has 8 heteroatoms. The minimum Gasteiger partial charge on any atom is -0.280 e. The molecule has 0 radical (unpaired) electrons. The molecule has 0 atom stereocenters. The van der Waals surface area contributed by atoms with Gasteiger partial charge >= 0.3 is 12.4 Å². The summed E-state index contributed by atoms with van der Waals surface area (Å²) in [6.45, 7) is 0. The third-order valence-electron chi connectivity index (χ3n) is 2.90. The molecule has 2 rings (SSSR count). The number of hydrogen-bond acceptors (Lipinski definition) is 2. The fourth-order valence-corrected chi connectivity index (χ4v) is 1.81. The van der Waals surface area contributed by atoms with Gasteiger partial charge in [-0.05, 0) is 36.4 Å². The SMILES string of the molecule is NN(c1cccc(C(F)(F)F)c1)c1cccc(C(F)(F)F)c1. The van der Waals surface area contributed by atoms with Gasteiger partial charge in [-0.25, -0.2) is 5.84 Å². The summed E-state index contributed by atoms with van der Waals surface area (Å²) >= 11 is 0. The second-order valence-electron chi connectivity index (χ2n) is 4.47. The molecule has 0 heterocycles. The van der Waals surface area contributed by atoms with Crippen LogP contribution in [-0.2, 0) is 12.4 Å². The van der Waals surface area contributed by atoms with Gasteiger partial charge in [-0.1, -0.05) is 12.1 Å². The lowest BCUT2D eigenvalue weighted by atomic mass is 10.1. The molecule has 22 heavy (non-hydrogen) atoms. The Hall–Kier alpha value is -2.22. The Morgan fingerprint density at radius 3 is 1.36 bits per heavy atom. The van der Waals surface area contributed by atoms with Crippen LogP contribution in [0, 0.1) is 0 Å². The zero-order valence-electron chi connectivity index (χ0n) is 10.9. The summed E-state index contributed by atoms with van der Waals surface area (Å²) in [6.07, 6.45) is -9.13. The summed E-state index contributed by atoms with van der Waals surface area (Å²) in [4.78, 5) is 0. The molecule has 2 nitrogen and oxygen atoms in total. The topological polar surface area (TPSA) is 29.3 Å². The number of anilines is 2. The van der Waals surface area contributed by atoms with Crippen molar-refractivity contribution in [3.8, 4) is 0 Å². The van der Waals surface area contributed by atoms with Crippen molar-refractivity contribution in [2.45, 2.75) is 12.4 Å². The second kappa shape index (κ2) is 5.53. The molecule has 0 fully saturated rings. The van der Waals surface area contributed by atoms with Gasteiger partial charge < -0.3 is 0 Å². The summed E-state index contributed by atoms with van der Waals surface area (Å²) in [7, 11) is 0. The summed E-state index contributed by atoms with van der Waals surface area (Å²) in [5.41, 5.74) is -2.02. The van der Waals surface area contributed by atoms with Crippen LogP contribution in [-0.4, -0.2) is 0 Å². The van der Waals surface area contributed by atoms with Crippen LogP contribution < -0.4 is 10.9 Å². The van der Waals surface area contributed by atoms with Gasteiger partial charge in [0.1, 0.15) is 0 Å². The molecule has 2 aromatic rings. The summed E-state index contributed by atoms with van der Waals surface area (Å²) in [6, 6.07) is 8.04. The number of hydrogen-bond donors (Lipinski definition) is 1. The Kier molecular flexibility index (Phi) is 4.06. The molecule has 0 aromatic heterocycles. The van der Waals surface area contributed by atoms with Crippen molar-refractivity contribution in [2.24, 2.45) is 5.84 Å². The Morgan fingerprint density at radius 2 is 1.05 bits per heavy atom. The lowest BCUT2D eigenvalue weighted by Gasteiger charge is -2.21. The van der Waals surface area contributed by atoms with Crippen LogP contribution in [0.1, 0.15) is 11.1 Å². The normalized spacial score (nSPS) is 12.3. The third kappa shape index (κ3) is 3.51. The number of alkyl halides is 6. The quantitative estimate of drug-likeness (QED) is 0.492. The molecule has 118 valence electrons. The maximum Gasteiger partial charge on any atom is 0.416 e. The fraction of sp³-hybridized carbons (Fsp3) is 0.143. The van der Waals surface area contributed by atoms with Gasteiger partial charge in [0.2, 0.25) is 0 Å². The van der Waals surface area contributed by atoms with Crippen LogP contribution in [0.2, 0.25) is 0 Å². The predicted molar refractivity (Wildman–Crippen MR) is 69.2 cm³/mol. The first-order valence-electron chi connectivity index (χ1n) is 5.98. The maximum absolute atomic E-state index is 12.6. The van der Waals surface area contributed by atoms with Crippen molar-refractivity contribution < 1.29 is 26.3 Å². The van der Waals surface area contributed by atoms with Gasteiger partial charge in [-0.2, -0.15) is 26.3 Å². The van der Waals surface area contributed by atoms with Gasteiger partial charge in [0.15, 0.2) is 0 Å². The molecule has 0 unspecified atom stereocenters. The van der Waals surface area contributed by atoms with E-state index in [0.29, 0.717) is 0 Å². The van der Waals surface area contributed by atoms with E-state index in [4.69, 9.17) is 5.84 Å². The first-order valence-corrected chi connectivity index (χ1v) is 5.98. The van der Waals surface area contributed by atoms with Crippen molar-refractivity contribution >= 4 is 11.4 Å². The predicted octanol–water partition coefficient (Wildman–Crippen LogP) is 4.74. The summed E-state index contributed by atoms with van der Waals surface area (Å²) in [5.74, 6) is 5.64. The van der Waals surface area contributed by atoms with E-state index in [9.17, 15) is 26.3 Å². The molecule has 0 amide bonds. The molecule has 0 aliphatic rings. The van der Waals surface area contributed by atoms with Gasteiger partial charge in [-0.3, -0.25) is 5.01 Å². The monoisotopic (exact) mass is 320 g/mol. The molecule has 2 N–H and O–H groups in total. The average molecular weight is 320 g/mol. The van der Waals surface area contributed by atoms with Crippen LogP contribution in [0.3, 0.4) is 0 Å². The number of rotatable bonds is 2. The molecule has 2 aromatic carbocycles. The van der Waals surface area contributed by atoms with Crippen LogP contribution in [0.4, 0.5) is 37.7 Å². The Bertz CT molecular complexity index is 605. The Morgan fingerprint density at radius 1 is 0.682 bits per heavy atom. The zero-order valence-corrected chi connectivity index (χ0v) is 10.9. The first-order chi connectivity index (χ1) is 10.1. The number of hydrazine groups is 1. The van der Waals surface area contributed by atoms with Gasteiger partial charge in [-0.15, -0.1) is 0 Å². The van der Waals surface area contributed by atoms with Crippen molar-refractivity contribution in [1.82, 2.24) is 0 Å². The Balaban J connectivity index is 2.38. The molecule has 0 spiro atoms. The second-order valence-corrected chi connectivity index (χ2v) is 4.47. The van der Waals surface area contributed by atoms with E-state index in [1.165, 1.54) is 12.1 Å². The average Bonchev–Trinajstić information content (AvgIpc) is 2.45. The van der Waals surface area contributed by atoms with Crippen molar-refractivity contribution in [1.29, 1.82) is 0 Å². The highest BCUT2D eigenvalue weighted by molar-refractivity contribution is 5.63. The Labute approximate surface area is 121 Å². The lowest BCUT2D eigenvalue weighted by molar-refractivity contribution is -0.138. The number of nitrogens with two attached hydrogens (primary N) is 1. The number of halogens is 6. The molecular weight excluding hydrogens is 310 g/mol. The standard InChI is InChI=1S/C14H10F6N2/c15-13(16,17)9-3-1-5-11(7-9)22(21)12-6-2-4-10(8-12)14(18,19)20/h1-8H,21H2. The molecular formula is C14H10F6N2. The van der Waals surface area contributed by atoms with Gasteiger partial charge in [0.25, 0.3) is 0 Å². The van der Waals surface area contributed by atoms with Crippen LogP contribution >= 0.6 is 0 Å². The molecule has 0 bridgehead atoms. The molecule has 0 aliphatic heterocycles. The van der Waals surface area contributed by atoms with E-state index in [-0.39, 0.29) is 11.4 Å². The summed E-state index contributed by atoms with van der Waals surface area (Å²) in [5, 5.41) is 0.768. The van der Waals surface area contributed by atoms with E-state index in [1.807, 2.05) is 0 Å². The highest BCUT2D eigenvalue weighted by Gasteiger charge is 2.32. The van der Waals surface area contributed by atoms with Gasteiger partial charge in [0, 0.05) is 0 Å². The fourth-order valence-electron chi connectivity index (χ4n) is 1.81. The van der Waals surface area contributed by atoms with E-state index in [2.05, 4.69) is 0 Å². The van der Waals surface area contributed by atoms with E-state index in [0.717, 1.165) is 41.4 Å². The minimum absolute atomic E-state index is 0.0749. The molecule has 0 saturated carbocycles. The molecule has 0 saturated heterocycles. The van der Waals surface area contributed by atoms with Crippen molar-refractivity contribution in [3.05, 3.63) is 59.7 Å². The van der Waals surface area contributed by atoms with Crippen LogP contribution in [0.15, 0.2) is 48.5 Å². The van der Waals surface area contributed by atoms with Gasteiger partial charge in [0.05, 0.1) is 22.5 Å². The lowest BCUT2D eigenvalue weighted by Crippen LogP contribution is -2.25. The number of benzene rings is 2. The van der Waals surface area contributed by atoms with Crippen molar-refractivity contribution in [2.75, 3.05) is 5.01 Å². The maximum atomic E-state index is 12.6. The van der Waals surface area contributed by atoms with E-state index in [1.54, 1.807) is 0 Å². The van der Waals surface area contributed by atoms with E-state index < -0.39 is 23.5 Å². The van der Waals surface area contributed by atoms with E-state index >= 15 is 0 Å². The van der Waals surface area contributed by atoms with Crippen LogP contribution in [0.25, 0.3) is 0 Å². The van der Waals surface area contributed by atoms with Crippen LogP contribution in [0.5, 0.6) is 0 Å². The highest BCUT2D eigenvalue weighted by atomic mass is 19.4. The minimum atomic E-state index is -4.56. The smallest absolute Gasteiger partial charge is 0.280 e. The molecule has 0 aliphatic carbocycles. The third-order valence-corrected chi connectivity index (χ3v) is 2.90. The highest BCUT2D eigenvalue weighted by Crippen LogP contribution is 2.35. The first kappa shape index (κ1) is 16.2. The number of nitrogens with zero attached hydrogens (tertiary/aromatic N) is 1. The summed E-state index contributed by atoms with van der Waals surface area (Å²) < 4.78 is 75.9. The van der Waals surface area contributed by atoms with Crippen molar-refractivity contribution in [3.63, 3.8) is 0 Å². The zero-order chi connectivity index (χ0) is 16.5.